The number of nitrogens with zero attached hydrogens (tertiary/aromatic N) is 1. The fraction of sp³-hybridized carbons (Fsp3) is 0.533. The van der Waals surface area contributed by atoms with Gasteiger partial charge >= 0.3 is 0 Å². The van der Waals surface area contributed by atoms with E-state index >= 15 is 0 Å². The zero-order valence-electron chi connectivity index (χ0n) is 11.9. The number of rotatable bonds is 2. The highest BCUT2D eigenvalue weighted by atomic mass is 35.5. The van der Waals surface area contributed by atoms with Crippen LogP contribution in [0.15, 0.2) is 12.1 Å². The SMILES string of the molecule is CC[C@H]1CN(C(=O)c2cc(Cl)c3c(c2)OCCO3)CCO1. The van der Waals surface area contributed by atoms with E-state index in [1.807, 2.05) is 0 Å². The van der Waals surface area contributed by atoms with Crippen molar-refractivity contribution in [3.63, 3.8) is 0 Å². The summed E-state index contributed by atoms with van der Waals surface area (Å²) in [6.07, 6.45) is 1.00. The molecule has 1 atom stereocenters. The molecule has 0 aliphatic carbocycles. The van der Waals surface area contributed by atoms with Crippen molar-refractivity contribution in [2.24, 2.45) is 0 Å². The standard InChI is InChI=1S/C15H18ClNO4/c1-2-11-9-17(3-4-19-11)15(18)10-7-12(16)14-13(8-10)20-5-6-21-14/h7-8,11H,2-6,9H2,1H3/t11-/m0/s1. The molecule has 5 nitrogen and oxygen atoms in total. The highest BCUT2D eigenvalue weighted by Gasteiger charge is 2.26. The molecule has 6 heteroatoms. The second-order valence-corrected chi connectivity index (χ2v) is 5.54. The first-order valence-electron chi connectivity index (χ1n) is 7.19. The lowest BCUT2D eigenvalue weighted by atomic mass is 10.1. The van der Waals surface area contributed by atoms with Gasteiger partial charge in [-0.25, -0.2) is 0 Å². The van der Waals surface area contributed by atoms with Crippen molar-refractivity contribution in [2.75, 3.05) is 32.9 Å². The van der Waals surface area contributed by atoms with Gasteiger partial charge in [-0.05, 0) is 18.6 Å². The van der Waals surface area contributed by atoms with Crippen LogP contribution in [0, 0.1) is 0 Å². The molecule has 1 aromatic carbocycles. The fourth-order valence-corrected chi connectivity index (χ4v) is 2.83. The molecule has 3 rings (SSSR count). The van der Waals surface area contributed by atoms with Gasteiger partial charge in [-0.15, -0.1) is 0 Å². The first-order valence-corrected chi connectivity index (χ1v) is 7.57. The lowest BCUT2D eigenvalue weighted by Crippen LogP contribution is -2.45. The topological polar surface area (TPSA) is 48.0 Å². The predicted octanol–water partition coefficient (Wildman–Crippen LogP) is 2.36. The quantitative estimate of drug-likeness (QED) is 0.841. The van der Waals surface area contributed by atoms with E-state index in [1.54, 1.807) is 17.0 Å². The van der Waals surface area contributed by atoms with E-state index in [2.05, 4.69) is 6.92 Å². The maximum Gasteiger partial charge on any atom is 0.254 e. The molecule has 1 fully saturated rings. The summed E-state index contributed by atoms with van der Waals surface area (Å²) in [5.41, 5.74) is 0.529. The third kappa shape index (κ3) is 2.94. The number of fused-ring (bicyclic) bond motifs is 1. The maximum absolute atomic E-state index is 12.6. The summed E-state index contributed by atoms with van der Waals surface area (Å²) in [7, 11) is 0. The third-order valence-corrected chi connectivity index (χ3v) is 4.01. The highest BCUT2D eigenvalue weighted by molar-refractivity contribution is 6.32. The number of carbonyl (C=O) groups is 1. The van der Waals surface area contributed by atoms with Crippen LogP contribution in [0.5, 0.6) is 11.5 Å². The molecule has 1 aromatic rings. The largest absolute Gasteiger partial charge is 0.486 e. The minimum atomic E-state index is -0.0457. The van der Waals surface area contributed by atoms with Crippen molar-refractivity contribution in [1.29, 1.82) is 0 Å². The van der Waals surface area contributed by atoms with Crippen LogP contribution in [0.4, 0.5) is 0 Å². The fourth-order valence-electron chi connectivity index (χ4n) is 2.57. The van der Waals surface area contributed by atoms with Crippen LogP contribution in [-0.4, -0.2) is 49.8 Å². The Morgan fingerprint density at radius 1 is 1.33 bits per heavy atom. The van der Waals surface area contributed by atoms with Crippen molar-refractivity contribution in [1.82, 2.24) is 4.90 Å². The van der Waals surface area contributed by atoms with Gasteiger partial charge in [0.05, 0.1) is 17.7 Å². The lowest BCUT2D eigenvalue weighted by molar-refractivity contribution is -0.0226. The minimum Gasteiger partial charge on any atom is -0.486 e. The Balaban J connectivity index is 1.83. The number of hydrogen-bond acceptors (Lipinski definition) is 4. The van der Waals surface area contributed by atoms with E-state index in [4.69, 9.17) is 25.8 Å². The van der Waals surface area contributed by atoms with Crippen LogP contribution < -0.4 is 9.47 Å². The van der Waals surface area contributed by atoms with E-state index in [0.717, 1.165) is 6.42 Å². The summed E-state index contributed by atoms with van der Waals surface area (Å²) in [6, 6.07) is 3.35. The Labute approximate surface area is 128 Å². The highest BCUT2D eigenvalue weighted by Crippen LogP contribution is 2.38. The van der Waals surface area contributed by atoms with Crippen LogP contribution >= 0.6 is 11.6 Å². The first-order chi connectivity index (χ1) is 10.2. The number of benzene rings is 1. The second kappa shape index (κ2) is 6.12. The first kappa shape index (κ1) is 14.5. The van der Waals surface area contributed by atoms with Crippen LogP contribution in [0.3, 0.4) is 0 Å². The number of amides is 1. The Morgan fingerprint density at radius 3 is 2.95 bits per heavy atom. The van der Waals surface area contributed by atoms with E-state index < -0.39 is 0 Å². The molecule has 1 saturated heterocycles. The van der Waals surface area contributed by atoms with Crippen LogP contribution in [0.25, 0.3) is 0 Å². The van der Waals surface area contributed by atoms with Crippen molar-refractivity contribution in [3.05, 3.63) is 22.7 Å². The molecule has 2 heterocycles. The molecular weight excluding hydrogens is 294 g/mol. The monoisotopic (exact) mass is 311 g/mol. The molecule has 2 aliphatic rings. The van der Waals surface area contributed by atoms with Crippen molar-refractivity contribution in [2.45, 2.75) is 19.4 Å². The minimum absolute atomic E-state index is 0.0457. The predicted molar refractivity (Wildman–Crippen MR) is 78.4 cm³/mol. The van der Waals surface area contributed by atoms with E-state index in [1.165, 1.54) is 0 Å². The number of morpholine rings is 1. The van der Waals surface area contributed by atoms with Gasteiger partial charge in [-0.2, -0.15) is 0 Å². The summed E-state index contributed by atoms with van der Waals surface area (Å²) in [6.45, 7) is 4.78. The Bertz CT molecular complexity index is 549. The molecule has 0 spiro atoms. The number of halogens is 1. The van der Waals surface area contributed by atoms with Gasteiger partial charge in [0.15, 0.2) is 11.5 Å². The molecule has 0 saturated carbocycles. The van der Waals surface area contributed by atoms with Gasteiger partial charge in [0, 0.05) is 18.7 Å². The zero-order valence-corrected chi connectivity index (χ0v) is 12.7. The summed E-state index contributed by atoms with van der Waals surface area (Å²) in [5, 5.41) is 0.413. The maximum atomic E-state index is 12.6. The second-order valence-electron chi connectivity index (χ2n) is 5.13. The van der Waals surface area contributed by atoms with Gasteiger partial charge in [0.2, 0.25) is 0 Å². The third-order valence-electron chi connectivity index (χ3n) is 3.73. The van der Waals surface area contributed by atoms with Crippen molar-refractivity contribution < 1.29 is 19.0 Å². The van der Waals surface area contributed by atoms with E-state index in [0.29, 0.717) is 55.0 Å². The van der Waals surface area contributed by atoms with Crippen molar-refractivity contribution >= 4 is 17.5 Å². The molecule has 0 aromatic heterocycles. The Kier molecular flexibility index (Phi) is 4.22. The van der Waals surface area contributed by atoms with E-state index in [-0.39, 0.29) is 12.0 Å². The molecule has 0 bridgehead atoms. The zero-order chi connectivity index (χ0) is 14.8. The number of hydrogen-bond donors (Lipinski definition) is 0. The smallest absolute Gasteiger partial charge is 0.254 e. The number of carbonyl (C=O) groups excluding carboxylic acids is 1. The van der Waals surface area contributed by atoms with Crippen LogP contribution in [-0.2, 0) is 4.74 Å². The summed E-state index contributed by atoms with van der Waals surface area (Å²) in [4.78, 5) is 14.4. The van der Waals surface area contributed by atoms with Gasteiger partial charge in [0.1, 0.15) is 13.2 Å². The van der Waals surface area contributed by atoms with Gasteiger partial charge in [-0.1, -0.05) is 18.5 Å². The average Bonchev–Trinajstić information content (AvgIpc) is 2.54. The van der Waals surface area contributed by atoms with Crippen LogP contribution in [0.1, 0.15) is 23.7 Å². The molecule has 1 amide bonds. The van der Waals surface area contributed by atoms with Gasteiger partial charge < -0.3 is 19.1 Å². The molecule has 0 radical (unpaired) electrons. The summed E-state index contributed by atoms with van der Waals surface area (Å²) < 4.78 is 16.6. The molecule has 0 unspecified atom stereocenters. The Hall–Kier alpha value is -1.46. The van der Waals surface area contributed by atoms with Crippen molar-refractivity contribution in [3.8, 4) is 11.5 Å². The summed E-state index contributed by atoms with van der Waals surface area (Å²) in [5.74, 6) is 1.01. The van der Waals surface area contributed by atoms with Gasteiger partial charge in [0.25, 0.3) is 5.91 Å². The van der Waals surface area contributed by atoms with Gasteiger partial charge in [-0.3, -0.25) is 4.79 Å². The molecule has 21 heavy (non-hydrogen) atoms. The Morgan fingerprint density at radius 2 is 2.14 bits per heavy atom. The van der Waals surface area contributed by atoms with Crippen LogP contribution in [0.2, 0.25) is 5.02 Å². The van der Waals surface area contributed by atoms with E-state index in [9.17, 15) is 4.79 Å². The lowest BCUT2D eigenvalue weighted by Gasteiger charge is -2.32. The molecule has 0 N–H and O–H groups in total. The normalized spacial score (nSPS) is 21.2. The average molecular weight is 312 g/mol. The molecule has 114 valence electrons. The number of ether oxygens (including phenoxy) is 3. The molecule has 2 aliphatic heterocycles. The summed E-state index contributed by atoms with van der Waals surface area (Å²) >= 11 is 6.19. The molecular formula is C15H18ClNO4.